The summed E-state index contributed by atoms with van der Waals surface area (Å²) in [6.45, 7) is 2.75. The molecule has 0 radical (unpaired) electrons. The maximum absolute atomic E-state index is 12.0. The van der Waals surface area contributed by atoms with E-state index >= 15 is 0 Å². The maximum Gasteiger partial charge on any atom is 0.326 e. The van der Waals surface area contributed by atoms with Crippen LogP contribution in [0.25, 0.3) is 0 Å². The van der Waals surface area contributed by atoms with E-state index in [1.165, 1.54) is 0 Å². The van der Waals surface area contributed by atoms with E-state index in [1.807, 2.05) is 6.92 Å². The van der Waals surface area contributed by atoms with E-state index in [2.05, 4.69) is 5.32 Å². The van der Waals surface area contributed by atoms with Crippen LogP contribution < -0.4 is 11.1 Å². The van der Waals surface area contributed by atoms with Crippen molar-refractivity contribution in [2.75, 3.05) is 13.2 Å². The van der Waals surface area contributed by atoms with Gasteiger partial charge in [-0.15, -0.1) is 0 Å². The summed E-state index contributed by atoms with van der Waals surface area (Å²) in [5, 5.41) is 11.5. The number of hydrogen-bond donors (Lipinski definition) is 3. The molecular weight excluding hydrogens is 224 g/mol. The first kappa shape index (κ1) is 13.9. The van der Waals surface area contributed by atoms with Crippen LogP contribution >= 0.6 is 0 Å². The van der Waals surface area contributed by atoms with Crippen LogP contribution in [0.5, 0.6) is 0 Å². The third-order valence-electron chi connectivity index (χ3n) is 3.02. The zero-order valence-corrected chi connectivity index (χ0v) is 10.1. The van der Waals surface area contributed by atoms with Gasteiger partial charge in [0.15, 0.2) is 0 Å². The predicted molar refractivity (Wildman–Crippen MR) is 61.4 cm³/mol. The molecule has 17 heavy (non-hydrogen) atoms. The summed E-state index contributed by atoms with van der Waals surface area (Å²) in [5.41, 5.74) is 4.98. The molecular formula is C11H20N2O4. The van der Waals surface area contributed by atoms with Crippen LogP contribution in [0, 0.1) is 0 Å². The van der Waals surface area contributed by atoms with Gasteiger partial charge in [0.25, 0.3) is 0 Å². The molecule has 1 heterocycles. The molecule has 1 fully saturated rings. The fraction of sp³-hybridized carbons (Fsp3) is 0.818. The lowest BCUT2D eigenvalue weighted by Gasteiger charge is -2.32. The number of carboxylic acids is 1. The first-order valence-electron chi connectivity index (χ1n) is 5.90. The number of ether oxygens (including phenoxy) is 1. The van der Waals surface area contributed by atoms with Gasteiger partial charge in [0.2, 0.25) is 5.91 Å². The molecule has 1 rings (SSSR count). The molecule has 1 aliphatic rings. The summed E-state index contributed by atoms with van der Waals surface area (Å²) in [6, 6.07) is -0.851. The Morgan fingerprint density at radius 2 is 2.06 bits per heavy atom. The standard InChI is InChI=1S/C11H20N2O4/c1-2-3-8(9(14)15)13-10(16)11(12)4-6-17-7-5-11/h8H,2-7,12H2,1H3,(H,13,16)(H,14,15)/t8-/m0/s1. The highest BCUT2D eigenvalue weighted by atomic mass is 16.5. The zero-order valence-electron chi connectivity index (χ0n) is 10.1. The Hall–Kier alpha value is -1.14. The van der Waals surface area contributed by atoms with Crippen molar-refractivity contribution in [3.63, 3.8) is 0 Å². The average Bonchev–Trinajstić information content (AvgIpc) is 2.29. The monoisotopic (exact) mass is 244 g/mol. The van der Waals surface area contributed by atoms with Crippen LogP contribution in [0.3, 0.4) is 0 Å². The van der Waals surface area contributed by atoms with E-state index in [-0.39, 0.29) is 5.91 Å². The minimum Gasteiger partial charge on any atom is -0.480 e. The van der Waals surface area contributed by atoms with Crippen LogP contribution in [0.2, 0.25) is 0 Å². The van der Waals surface area contributed by atoms with Crippen molar-refractivity contribution in [3.05, 3.63) is 0 Å². The van der Waals surface area contributed by atoms with Gasteiger partial charge >= 0.3 is 5.97 Å². The van der Waals surface area contributed by atoms with E-state index in [1.54, 1.807) is 0 Å². The lowest BCUT2D eigenvalue weighted by Crippen LogP contribution is -2.59. The Balaban J connectivity index is 2.59. The van der Waals surface area contributed by atoms with Crippen LogP contribution in [0.4, 0.5) is 0 Å². The lowest BCUT2D eigenvalue weighted by atomic mass is 9.90. The van der Waals surface area contributed by atoms with Gasteiger partial charge in [-0.2, -0.15) is 0 Å². The Morgan fingerprint density at radius 3 is 2.53 bits per heavy atom. The van der Waals surface area contributed by atoms with Gasteiger partial charge in [0.1, 0.15) is 6.04 Å². The van der Waals surface area contributed by atoms with Crippen molar-refractivity contribution in [3.8, 4) is 0 Å². The van der Waals surface area contributed by atoms with E-state index in [9.17, 15) is 9.59 Å². The summed E-state index contributed by atoms with van der Waals surface area (Å²) in [7, 11) is 0. The number of nitrogens with one attached hydrogen (secondary N) is 1. The average molecular weight is 244 g/mol. The summed E-state index contributed by atoms with van der Waals surface area (Å²) in [6.07, 6.45) is 1.96. The molecule has 0 saturated carbocycles. The van der Waals surface area contributed by atoms with Gasteiger partial charge in [0.05, 0.1) is 5.54 Å². The number of carbonyl (C=O) groups is 2. The second kappa shape index (κ2) is 5.97. The Bertz CT molecular complexity index is 287. The highest BCUT2D eigenvalue weighted by molar-refractivity contribution is 5.90. The topological polar surface area (TPSA) is 102 Å². The second-order valence-electron chi connectivity index (χ2n) is 4.42. The summed E-state index contributed by atoms with van der Waals surface area (Å²) >= 11 is 0. The van der Waals surface area contributed by atoms with E-state index < -0.39 is 17.6 Å². The molecule has 0 aromatic heterocycles. The molecule has 6 heteroatoms. The molecule has 0 bridgehead atoms. The van der Waals surface area contributed by atoms with Crippen LogP contribution in [0.15, 0.2) is 0 Å². The predicted octanol–water partition coefficient (Wildman–Crippen LogP) is -0.136. The molecule has 0 aromatic carbocycles. The number of amides is 1. The Kier molecular flexibility index (Phi) is 4.89. The second-order valence-corrected chi connectivity index (χ2v) is 4.42. The fourth-order valence-corrected chi connectivity index (χ4v) is 1.81. The number of hydrogen-bond acceptors (Lipinski definition) is 4. The molecule has 0 aromatic rings. The summed E-state index contributed by atoms with van der Waals surface area (Å²) in [5.74, 6) is -1.41. The molecule has 1 atom stereocenters. The third-order valence-corrected chi connectivity index (χ3v) is 3.02. The van der Waals surface area contributed by atoms with Crippen molar-refractivity contribution in [1.29, 1.82) is 0 Å². The van der Waals surface area contributed by atoms with Crippen molar-refractivity contribution < 1.29 is 19.4 Å². The van der Waals surface area contributed by atoms with Crippen molar-refractivity contribution in [1.82, 2.24) is 5.32 Å². The van der Waals surface area contributed by atoms with Crippen LogP contribution in [-0.2, 0) is 14.3 Å². The van der Waals surface area contributed by atoms with Gasteiger partial charge in [0, 0.05) is 13.2 Å². The third kappa shape index (κ3) is 3.67. The van der Waals surface area contributed by atoms with Crippen molar-refractivity contribution >= 4 is 11.9 Å². The molecule has 0 unspecified atom stereocenters. The Morgan fingerprint density at radius 1 is 1.47 bits per heavy atom. The molecule has 1 aliphatic heterocycles. The van der Waals surface area contributed by atoms with Gasteiger partial charge in [-0.1, -0.05) is 13.3 Å². The minimum absolute atomic E-state index is 0.387. The van der Waals surface area contributed by atoms with E-state index in [0.717, 1.165) is 0 Å². The zero-order chi connectivity index (χ0) is 12.9. The van der Waals surface area contributed by atoms with E-state index in [0.29, 0.717) is 38.9 Å². The number of nitrogens with two attached hydrogens (primary N) is 1. The van der Waals surface area contributed by atoms with Gasteiger partial charge in [-0.05, 0) is 19.3 Å². The number of rotatable bonds is 5. The van der Waals surface area contributed by atoms with Gasteiger partial charge in [-0.25, -0.2) is 4.79 Å². The fourth-order valence-electron chi connectivity index (χ4n) is 1.81. The highest BCUT2D eigenvalue weighted by Crippen LogP contribution is 2.18. The number of aliphatic carboxylic acids is 1. The molecule has 1 saturated heterocycles. The first-order chi connectivity index (χ1) is 7.99. The Labute approximate surface area is 101 Å². The quantitative estimate of drug-likeness (QED) is 0.625. The number of carbonyl (C=O) groups excluding carboxylic acids is 1. The maximum atomic E-state index is 12.0. The largest absolute Gasteiger partial charge is 0.480 e. The lowest BCUT2D eigenvalue weighted by molar-refractivity contribution is -0.143. The molecule has 98 valence electrons. The van der Waals surface area contributed by atoms with Crippen LogP contribution in [-0.4, -0.2) is 41.8 Å². The first-order valence-corrected chi connectivity index (χ1v) is 5.90. The number of carboxylic acid groups (broad SMARTS) is 1. The van der Waals surface area contributed by atoms with Crippen molar-refractivity contribution in [2.45, 2.75) is 44.2 Å². The smallest absolute Gasteiger partial charge is 0.326 e. The molecule has 4 N–H and O–H groups in total. The molecule has 0 spiro atoms. The van der Waals surface area contributed by atoms with Crippen molar-refractivity contribution in [2.24, 2.45) is 5.73 Å². The van der Waals surface area contributed by atoms with Gasteiger partial charge in [-0.3, -0.25) is 4.79 Å². The summed E-state index contributed by atoms with van der Waals surface area (Å²) < 4.78 is 5.14. The van der Waals surface area contributed by atoms with Crippen LogP contribution in [0.1, 0.15) is 32.6 Å². The minimum atomic E-state index is -1.02. The molecule has 6 nitrogen and oxygen atoms in total. The normalized spacial score (nSPS) is 20.6. The van der Waals surface area contributed by atoms with Gasteiger partial charge < -0.3 is 20.9 Å². The van der Waals surface area contributed by atoms with E-state index in [4.69, 9.17) is 15.6 Å². The SMILES string of the molecule is CCC[C@H](NC(=O)C1(N)CCOCC1)C(=O)O. The highest BCUT2D eigenvalue weighted by Gasteiger charge is 2.37. The molecule has 0 aliphatic carbocycles. The summed E-state index contributed by atoms with van der Waals surface area (Å²) in [4.78, 5) is 22.9. The molecule has 1 amide bonds.